The van der Waals surface area contributed by atoms with Crippen LogP contribution in [-0.4, -0.2) is 9.97 Å². The number of halogens is 3. The molecule has 3 nitrogen and oxygen atoms in total. The summed E-state index contributed by atoms with van der Waals surface area (Å²) in [6, 6.07) is 5.07. The molecule has 0 radical (unpaired) electrons. The Bertz CT molecular complexity index is 720. The van der Waals surface area contributed by atoms with Gasteiger partial charge in [-0.2, -0.15) is 0 Å². The van der Waals surface area contributed by atoms with Gasteiger partial charge in [0.1, 0.15) is 10.3 Å². The lowest BCUT2D eigenvalue weighted by Crippen LogP contribution is -2.22. The van der Waals surface area contributed by atoms with Gasteiger partial charge in [0.25, 0.3) is 5.56 Å². The standard InChI is InChI=1S/C14H13BrCl2N2O/c1-14(2,3)11-10(15)13(20)19-12(18-11)8-5-4-7(16)6-9(8)17/h4-6H,1-3H3,(H,18,19,20). The first kappa shape index (κ1) is 15.5. The highest BCUT2D eigenvalue weighted by atomic mass is 79.9. The van der Waals surface area contributed by atoms with E-state index < -0.39 is 0 Å². The highest BCUT2D eigenvalue weighted by Gasteiger charge is 2.22. The first-order chi connectivity index (χ1) is 9.20. The van der Waals surface area contributed by atoms with Crippen molar-refractivity contribution in [3.8, 4) is 11.4 Å². The summed E-state index contributed by atoms with van der Waals surface area (Å²) in [7, 11) is 0. The van der Waals surface area contributed by atoms with Crippen LogP contribution in [-0.2, 0) is 5.41 Å². The van der Waals surface area contributed by atoms with Gasteiger partial charge in [-0.3, -0.25) is 4.79 Å². The van der Waals surface area contributed by atoms with E-state index in [0.717, 1.165) is 0 Å². The first-order valence-electron chi connectivity index (χ1n) is 5.96. The van der Waals surface area contributed by atoms with Crippen molar-refractivity contribution in [1.29, 1.82) is 0 Å². The quantitative estimate of drug-likeness (QED) is 0.777. The Labute approximate surface area is 135 Å². The molecule has 0 aliphatic carbocycles. The Morgan fingerprint density at radius 2 is 1.90 bits per heavy atom. The molecule has 2 aromatic rings. The molecule has 20 heavy (non-hydrogen) atoms. The van der Waals surface area contributed by atoms with Crippen LogP contribution in [0.5, 0.6) is 0 Å². The molecule has 0 aliphatic heterocycles. The molecule has 0 spiro atoms. The van der Waals surface area contributed by atoms with Gasteiger partial charge in [-0.05, 0) is 34.1 Å². The van der Waals surface area contributed by atoms with Gasteiger partial charge in [0.2, 0.25) is 0 Å². The number of hydrogen-bond acceptors (Lipinski definition) is 2. The van der Waals surface area contributed by atoms with Crippen LogP contribution < -0.4 is 5.56 Å². The molecule has 2 rings (SSSR count). The van der Waals surface area contributed by atoms with Crippen LogP contribution in [0.15, 0.2) is 27.5 Å². The van der Waals surface area contributed by atoms with Crippen molar-refractivity contribution >= 4 is 39.1 Å². The number of nitrogens with zero attached hydrogens (tertiary/aromatic N) is 1. The van der Waals surface area contributed by atoms with Gasteiger partial charge in [-0.25, -0.2) is 4.98 Å². The average molecular weight is 376 g/mol. The minimum Gasteiger partial charge on any atom is -0.305 e. The summed E-state index contributed by atoms with van der Waals surface area (Å²) < 4.78 is 0.443. The number of benzene rings is 1. The zero-order valence-electron chi connectivity index (χ0n) is 11.2. The van der Waals surface area contributed by atoms with Crippen LogP contribution in [0.2, 0.25) is 10.0 Å². The third-order valence-corrected chi connectivity index (χ3v) is 4.04. The van der Waals surface area contributed by atoms with Gasteiger partial charge < -0.3 is 4.98 Å². The second-order valence-corrected chi connectivity index (χ2v) is 7.09. The first-order valence-corrected chi connectivity index (χ1v) is 7.51. The highest BCUT2D eigenvalue weighted by Crippen LogP contribution is 2.31. The molecule has 0 saturated carbocycles. The van der Waals surface area contributed by atoms with Crippen LogP contribution in [0.3, 0.4) is 0 Å². The lowest BCUT2D eigenvalue weighted by Gasteiger charge is -2.19. The van der Waals surface area contributed by atoms with Gasteiger partial charge in [0.15, 0.2) is 0 Å². The van der Waals surface area contributed by atoms with Crippen molar-refractivity contribution in [3.63, 3.8) is 0 Å². The molecule has 0 fully saturated rings. The molecule has 1 aromatic carbocycles. The van der Waals surface area contributed by atoms with E-state index in [1.165, 1.54) is 0 Å². The highest BCUT2D eigenvalue weighted by molar-refractivity contribution is 9.10. The molecule has 0 amide bonds. The van der Waals surface area contributed by atoms with Crippen LogP contribution >= 0.6 is 39.1 Å². The topological polar surface area (TPSA) is 45.8 Å². The van der Waals surface area contributed by atoms with Gasteiger partial charge in [0, 0.05) is 16.0 Å². The summed E-state index contributed by atoms with van der Waals surface area (Å²) in [5.74, 6) is 0.435. The van der Waals surface area contributed by atoms with Crippen molar-refractivity contribution in [1.82, 2.24) is 9.97 Å². The van der Waals surface area contributed by atoms with Gasteiger partial charge in [-0.1, -0.05) is 44.0 Å². The minimum atomic E-state index is -0.263. The number of aromatic amines is 1. The summed E-state index contributed by atoms with van der Waals surface area (Å²) in [6.07, 6.45) is 0. The summed E-state index contributed by atoms with van der Waals surface area (Å²) in [4.78, 5) is 19.3. The van der Waals surface area contributed by atoms with E-state index in [2.05, 4.69) is 25.9 Å². The summed E-state index contributed by atoms with van der Waals surface area (Å²) >= 11 is 15.3. The summed E-state index contributed by atoms with van der Waals surface area (Å²) in [5, 5.41) is 0.983. The number of aromatic nitrogens is 2. The fourth-order valence-electron chi connectivity index (χ4n) is 1.76. The average Bonchev–Trinajstić information content (AvgIpc) is 2.31. The van der Waals surface area contributed by atoms with Crippen LogP contribution in [0, 0.1) is 0 Å². The maximum Gasteiger partial charge on any atom is 0.265 e. The Hall–Kier alpha value is -0.840. The van der Waals surface area contributed by atoms with E-state index in [1.807, 2.05) is 20.8 Å². The molecule has 0 bridgehead atoms. The maximum absolute atomic E-state index is 12.0. The molecule has 1 N–H and O–H groups in total. The van der Waals surface area contributed by atoms with Crippen molar-refractivity contribution < 1.29 is 0 Å². The zero-order chi connectivity index (χ0) is 15.1. The third kappa shape index (κ3) is 3.08. The number of rotatable bonds is 1. The molecule has 106 valence electrons. The summed E-state index contributed by atoms with van der Waals surface area (Å²) in [5.41, 5.74) is 0.833. The van der Waals surface area contributed by atoms with E-state index in [4.69, 9.17) is 23.2 Å². The number of hydrogen-bond donors (Lipinski definition) is 1. The third-order valence-electron chi connectivity index (χ3n) is 2.76. The molecular formula is C14H13BrCl2N2O. The smallest absolute Gasteiger partial charge is 0.265 e. The molecule has 0 atom stereocenters. The predicted octanol–water partition coefficient (Wildman–Crippen LogP) is 4.80. The lowest BCUT2D eigenvalue weighted by molar-refractivity contribution is 0.562. The fraction of sp³-hybridized carbons (Fsp3) is 0.286. The van der Waals surface area contributed by atoms with Crippen molar-refractivity contribution in [2.45, 2.75) is 26.2 Å². The number of H-pyrrole nitrogens is 1. The van der Waals surface area contributed by atoms with E-state index in [1.54, 1.807) is 18.2 Å². The Morgan fingerprint density at radius 1 is 1.25 bits per heavy atom. The monoisotopic (exact) mass is 374 g/mol. The molecule has 0 unspecified atom stereocenters. The zero-order valence-corrected chi connectivity index (χ0v) is 14.3. The molecule has 6 heteroatoms. The van der Waals surface area contributed by atoms with Gasteiger partial charge >= 0.3 is 0 Å². The van der Waals surface area contributed by atoms with Crippen molar-refractivity contribution in [2.75, 3.05) is 0 Å². The Balaban J connectivity index is 2.70. The SMILES string of the molecule is CC(C)(C)c1nc(-c2ccc(Cl)cc2Cl)[nH]c(=O)c1Br. The van der Waals surface area contributed by atoms with E-state index in [9.17, 15) is 4.79 Å². The molecule has 0 aliphatic rings. The Kier molecular flexibility index (Phi) is 4.28. The molecular weight excluding hydrogens is 363 g/mol. The van der Waals surface area contributed by atoms with Crippen molar-refractivity contribution in [2.24, 2.45) is 0 Å². The molecule has 0 saturated heterocycles. The van der Waals surface area contributed by atoms with Crippen molar-refractivity contribution in [3.05, 3.63) is 48.8 Å². The minimum absolute atomic E-state index is 0.231. The van der Waals surface area contributed by atoms with E-state index in [0.29, 0.717) is 31.6 Å². The predicted molar refractivity (Wildman–Crippen MR) is 86.7 cm³/mol. The van der Waals surface area contributed by atoms with E-state index >= 15 is 0 Å². The second-order valence-electron chi connectivity index (χ2n) is 5.45. The molecule has 1 heterocycles. The van der Waals surface area contributed by atoms with Crippen LogP contribution in [0.4, 0.5) is 0 Å². The molecule has 1 aromatic heterocycles. The fourth-order valence-corrected chi connectivity index (χ4v) is 3.05. The van der Waals surface area contributed by atoms with Gasteiger partial charge in [0.05, 0.1) is 10.7 Å². The van der Waals surface area contributed by atoms with Gasteiger partial charge in [-0.15, -0.1) is 0 Å². The van der Waals surface area contributed by atoms with Crippen LogP contribution in [0.25, 0.3) is 11.4 Å². The second kappa shape index (κ2) is 5.51. The summed E-state index contributed by atoms with van der Waals surface area (Å²) in [6.45, 7) is 5.98. The largest absolute Gasteiger partial charge is 0.305 e. The van der Waals surface area contributed by atoms with E-state index in [-0.39, 0.29) is 11.0 Å². The maximum atomic E-state index is 12.0. The Morgan fingerprint density at radius 3 is 2.45 bits per heavy atom. The van der Waals surface area contributed by atoms with Crippen LogP contribution in [0.1, 0.15) is 26.5 Å². The lowest BCUT2D eigenvalue weighted by atomic mass is 9.92. The number of nitrogens with one attached hydrogen (secondary N) is 1. The normalized spacial score (nSPS) is 11.7.